The topological polar surface area (TPSA) is 89.3 Å². The van der Waals surface area contributed by atoms with Gasteiger partial charge in [0.15, 0.2) is 9.84 Å². The molecule has 0 spiro atoms. The van der Waals surface area contributed by atoms with Crippen LogP contribution in [0.3, 0.4) is 0 Å². The molecule has 1 aliphatic heterocycles. The van der Waals surface area contributed by atoms with Crippen LogP contribution in [0.1, 0.15) is 39.0 Å². The second kappa shape index (κ2) is 4.81. The summed E-state index contributed by atoms with van der Waals surface area (Å²) in [5, 5.41) is 2.91. The highest BCUT2D eigenvalue weighted by Crippen LogP contribution is 2.27. The maximum absolute atomic E-state index is 12.2. The molecule has 6 heteroatoms. The summed E-state index contributed by atoms with van der Waals surface area (Å²) in [7, 11) is -2.99. The average molecular weight is 274 g/mol. The number of rotatable bonds is 2. The van der Waals surface area contributed by atoms with Gasteiger partial charge in [-0.3, -0.25) is 4.79 Å². The molecule has 1 amide bonds. The van der Waals surface area contributed by atoms with Gasteiger partial charge in [0.1, 0.15) is 0 Å². The number of hydrogen-bond acceptors (Lipinski definition) is 4. The molecule has 2 fully saturated rings. The standard InChI is InChI=1S/C12H22N2O3S/c1-12(6-7-18(16,17)8-12)14-11(15)9-4-2-3-5-10(9)13/h9-10H,2-8,13H2,1H3,(H,14,15). The lowest BCUT2D eigenvalue weighted by molar-refractivity contribution is -0.128. The molecule has 1 saturated carbocycles. The van der Waals surface area contributed by atoms with Gasteiger partial charge < -0.3 is 11.1 Å². The van der Waals surface area contributed by atoms with Gasteiger partial charge in [0, 0.05) is 6.04 Å². The lowest BCUT2D eigenvalue weighted by atomic mass is 9.84. The van der Waals surface area contributed by atoms with Crippen molar-refractivity contribution in [2.45, 2.75) is 50.6 Å². The maximum Gasteiger partial charge on any atom is 0.225 e. The minimum Gasteiger partial charge on any atom is -0.350 e. The largest absolute Gasteiger partial charge is 0.350 e. The molecule has 0 radical (unpaired) electrons. The lowest BCUT2D eigenvalue weighted by Crippen LogP contribution is -2.52. The number of carbonyl (C=O) groups is 1. The van der Waals surface area contributed by atoms with E-state index in [-0.39, 0.29) is 29.4 Å². The van der Waals surface area contributed by atoms with E-state index in [2.05, 4.69) is 5.32 Å². The van der Waals surface area contributed by atoms with Crippen LogP contribution in [-0.2, 0) is 14.6 Å². The van der Waals surface area contributed by atoms with E-state index in [4.69, 9.17) is 5.73 Å². The molecule has 0 bridgehead atoms. The van der Waals surface area contributed by atoms with Crippen LogP contribution in [0, 0.1) is 5.92 Å². The van der Waals surface area contributed by atoms with Crippen molar-refractivity contribution in [3.63, 3.8) is 0 Å². The van der Waals surface area contributed by atoms with Gasteiger partial charge in [-0.2, -0.15) is 0 Å². The number of amides is 1. The SMILES string of the molecule is CC1(NC(=O)C2CCCCC2N)CCS(=O)(=O)C1. The molecule has 3 atom stereocenters. The van der Waals surface area contributed by atoms with E-state index >= 15 is 0 Å². The van der Waals surface area contributed by atoms with Gasteiger partial charge in [-0.05, 0) is 26.2 Å². The van der Waals surface area contributed by atoms with Crippen LogP contribution in [-0.4, -0.2) is 37.4 Å². The van der Waals surface area contributed by atoms with Crippen LogP contribution >= 0.6 is 0 Å². The van der Waals surface area contributed by atoms with Gasteiger partial charge in [-0.15, -0.1) is 0 Å². The van der Waals surface area contributed by atoms with Gasteiger partial charge in [0.25, 0.3) is 0 Å². The smallest absolute Gasteiger partial charge is 0.225 e. The molecular formula is C12H22N2O3S. The van der Waals surface area contributed by atoms with Crippen LogP contribution < -0.4 is 11.1 Å². The fraction of sp³-hybridized carbons (Fsp3) is 0.917. The van der Waals surface area contributed by atoms with Gasteiger partial charge in [0.05, 0.1) is 23.0 Å². The molecule has 1 saturated heterocycles. The summed E-state index contributed by atoms with van der Waals surface area (Å²) in [6.07, 6.45) is 4.31. The predicted molar refractivity (Wildman–Crippen MR) is 69.8 cm³/mol. The van der Waals surface area contributed by atoms with Crippen LogP contribution in [0.2, 0.25) is 0 Å². The Labute approximate surface area is 108 Å². The Bertz CT molecular complexity index is 435. The summed E-state index contributed by atoms with van der Waals surface area (Å²) in [5.74, 6) is -0.00513. The number of hydrogen-bond donors (Lipinski definition) is 2. The first-order valence-corrected chi connectivity index (χ1v) is 8.42. The number of nitrogens with two attached hydrogens (primary N) is 1. The Hall–Kier alpha value is -0.620. The van der Waals surface area contributed by atoms with Crippen LogP contribution in [0.5, 0.6) is 0 Å². The molecule has 3 N–H and O–H groups in total. The van der Waals surface area contributed by atoms with Crippen molar-refractivity contribution >= 4 is 15.7 Å². The van der Waals surface area contributed by atoms with Crippen molar-refractivity contribution in [1.29, 1.82) is 0 Å². The van der Waals surface area contributed by atoms with Crippen molar-refractivity contribution in [2.75, 3.05) is 11.5 Å². The molecule has 3 unspecified atom stereocenters. The van der Waals surface area contributed by atoms with E-state index in [0.717, 1.165) is 25.7 Å². The highest BCUT2D eigenvalue weighted by Gasteiger charge is 2.41. The van der Waals surface area contributed by atoms with Gasteiger partial charge >= 0.3 is 0 Å². The third kappa shape index (κ3) is 3.03. The molecule has 1 heterocycles. The zero-order valence-electron chi connectivity index (χ0n) is 10.8. The highest BCUT2D eigenvalue weighted by atomic mass is 32.2. The molecule has 2 rings (SSSR count). The number of carbonyl (C=O) groups excluding carboxylic acids is 1. The van der Waals surface area contributed by atoms with Crippen molar-refractivity contribution in [2.24, 2.45) is 11.7 Å². The van der Waals surface area contributed by atoms with Gasteiger partial charge in [-0.25, -0.2) is 8.42 Å². The molecule has 5 nitrogen and oxygen atoms in total. The zero-order valence-corrected chi connectivity index (χ0v) is 11.6. The van der Waals surface area contributed by atoms with E-state index in [1.54, 1.807) is 0 Å². The maximum atomic E-state index is 12.2. The fourth-order valence-electron chi connectivity index (χ4n) is 2.98. The molecule has 104 valence electrons. The van der Waals surface area contributed by atoms with Crippen LogP contribution in [0.15, 0.2) is 0 Å². The lowest BCUT2D eigenvalue weighted by Gasteiger charge is -2.32. The average Bonchev–Trinajstić information content (AvgIpc) is 2.53. The summed E-state index contributed by atoms with van der Waals surface area (Å²) >= 11 is 0. The monoisotopic (exact) mass is 274 g/mol. The second-order valence-electron chi connectivity index (χ2n) is 5.95. The minimum absolute atomic E-state index is 0.0493. The predicted octanol–water partition coefficient (Wildman–Crippen LogP) is 0.197. The quantitative estimate of drug-likeness (QED) is 0.752. The Balaban J connectivity index is 1.99. The summed E-state index contributed by atoms with van der Waals surface area (Å²) in [6.45, 7) is 1.81. The number of sulfone groups is 1. The van der Waals surface area contributed by atoms with Crippen LogP contribution in [0.4, 0.5) is 0 Å². The summed E-state index contributed by atoms with van der Waals surface area (Å²) in [5.41, 5.74) is 5.37. The third-order valence-corrected chi connectivity index (χ3v) is 5.99. The first-order chi connectivity index (χ1) is 8.31. The van der Waals surface area contributed by atoms with E-state index < -0.39 is 15.4 Å². The first kappa shape index (κ1) is 13.8. The molecular weight excluding hydrogens is 252 g/mol. The molecule has 0 aromatic rings. The molecule has 2 aliphatic rings. The van der Waals surface area contributed by atoms with Crippen molar-refractivity contribution in [1.82, 2.24) is 5.32 Å². The Morgan fingerprint density at radius 3 is 2.56 bits per heavy atom. The van der Waals surface area contributed by atoms with E-state index in [9.17, 15) is 13.2 Å². The Morgan fingerprint density at radius 2 is 2.00 bits per heavy atom. The fourth-order valence-corrected chi connectivity index (χ4v) is 5.08. The first-order valence-electron chi connectivity index (χ1n) is 6.59. The Morgan fingerprint density at radius 1 is 1.33 bits per heavy atom. The van der Waals surface area contributed by atoms with Gasteiger partial charge in [-0.1, -0.05) is 12.8 Å². The molecule has 0 aromatic heterocycles. The van der Waals surface area contributed by atoms with E-state index in [0.29, 0.717) is 6.42 Å². The minimum atomic E-state index is -2.99. The Kier molecular flexibility index (Phi) is 3.69. The van der Waals surface area contributed by atoms with E-state index in [1.165, 1.54) is 0 Å². The van der Waals surface area contributed by atoms with Crippen molar-refractivity contribution in [3.8, 4) is 0 Å². The molecule has 0 aromatic carbocycles. The summed E-state index contributed by atoms with van der Waals surface area (Å²) in [4.78, 5) is 12.2. The van der Waals surface area contributed by atoms with Crippen molar-refractivity contribution < 1.29 is 13.2 Å². The molecule has 18 heavy (non-hydrogen) atoms. The van der Waals surface area contributed by atoms with E-state index in [1.807, 2.05) is 6.92 Å². The number of nitrogens with one attached hydrogen (secondary N) is 1. The summed E-state index contributed by atoms with van der Waals surface area (Å²) < 4.78 is 23.0. The molecule has 1 aliphatic carbocycles. The third-order valence-electron chi connectivity index (χ3n) is 4.08. The second-order valence-corrected chi connectivity index (χ2v) is 8.13. The normalized spacial score (nSPS) is 39.4. The zero-order chi connectivity index (χ0) is 13.4. The van der Waals surface area contributed by atoms with Crippen LogP contribution in [0.25, 0.3) is 0 Å². The van der Waals surface area contributed by atoms with Gasteiger partial charge in [0.2, 0.25) is 5.91 Å². The summed E-state index contributed by atoms with van der Waals surface area (Å²) in [6, 6.07) is -0.0830. The van der Waals surface area contributed by atoms with Crippen molar-refractivity contribution in [3.05, 3.63) is 0 Å². The highest BCUT2D eigenvalue weighted by molar-refractivity contribution is 7.91.